The Morgan fingerprint density at radius 1 is 0.500 bits per heavy atom. The van der Waals surface area contributed by atoms with Gasteiger partial charge in [-0.15, -0.1) is 0 Å². The lowest BCUT2D eigenvalue weighted by Gasteiger charge is -2.22. The molecule has 0 atom stereocenters. The van der Waals surface area contributed by atoms with Gasteiger partial charge in [0.15, 0.2) is 0 Å². The Balaban J connectivity index is 2.03. The molecule has 3 heteroatoms. The van der Waals surface area contributed by atoms with Gasteiger partial charge in [-0.3, -0.25) is 0 Å². The number of ether oxygens (including phenoxy) is 3. The predicted molar refractivity (Wildman–Crippen MR) is 113 cm³/mol. The Morgan fingerprint density at radius 2 is 0.786 bits per heavy atom. The lowest BCUT2D eigenvalue weighted by atomic mass is 10.1. The molecular formula is C25H28O3. The van der Waals surface area contributed by atoms with Crippen molar-refractivity contribution in [3.63, 3.8) is 0 Å². The lowest BCUT2D eigenvalue weighted by molar-refractivity contribution is -0.140. The van der Waals surface area contributed by atoms with Crippen molar-refractivity contribution < 1.29 is 26.5 Å². The molecule has 0 amide bonds. The van der Waals surface area contributed by atoms with E-state index in [1.54, 1.807) is 39.0 Å². The van der Waals surface area contributed by atoms with E-state index >= 15 is 0 Å². The summed E-state index contributed by atoms with van der Waals surface area (Å²) in [6, 6.07) is 13.4. The van der Waals surface area contributed by atoms with Crippen LogP contribution in [0.25, 0.3) is 0 Å². The second-order valence-electron chi connectivity index (χ2n) is 6.75. The van der Waals surface area contributed by atoms with Crippen LogP contribution < -0.4 is 14.2 Å². The summed E-state index contributed by atoms with van der Waals surface area (Å²) in [5, 5.41) is 0. The van der Waals surface area contributed by atoms with Gasteiger partial charge in [-0.05, 0) is 111 Å². The molecule has 0 radical (unpaired) electrons. The number of hydrogen-bond donors (Lipinski definition) is 0. The Bertz CT molecular complexity index is 1110. The molecule has 3 aromatic carbocycles. The van der Waals surface area contributed by atoms with Crippen LogP contribution in [0.4, 0.5) is 0 Å². The first kappa shape index (κ1) is 11.2. The smallest absolute Gasteiger partial charge is 0.406 e. The van der Waals surface area contributed by atoms with Crippen molar-refractivity contribution in [3.05, 3.63) is 88.0 Å². The molecule has 0 aliphatic heterocycles. The zero-order valence-corrected chi connectivity index (χ0v) is 16.0. The standard InChI is InChI=1S/C25H28O3/c1-16-7-17(2)11-22(10-16)26-25(27-23-12-18(3)8-19(4)13-23)28-24-14-20(5)9-21(6)15-24/h7-15,25H,1-6H3/i1D3,3D3,5D3. The highest BCUT2D eigenvalue weighted by atomic mass is 16.8. The van der Waals surface area contributed by atoms with Gasteiger partial charge in [0.1, 0.15) is 17.2 Å². The Morgan fingerprint density at radius 3 is 1.07 bits per heavy atom. The molecule has 0 aliphatic rings. The third kappa shape index (κ3) is 5.53. The molecule has 0 spiro atoms. The normalized spacial score (nSPS) is 16.9. The van der Waals surface area contributed by atoms with Crippen LogP contribution in [0.2, 0.25) is 0 Å². The molecule has 3 nitrogen and oxygen atoms in total. The van der Waals surface area contributed by atoms with Gasteiger partial charge in [-0.1, -0.05) is 18.2 Å². The molecule has 0 fully saturated rings. The molecule has 0 saturated carbocycles. The quantitative estimate of drug-likeness (QED) is 0.462. The monoisotopic (exact) mass is 385 g/mol. The van der Waals surface area contributed by atoms with E-state index in [1.807, 2.05) is 0 Å². The molecule has 0 aromatic heterocycles. The second-order valence-corrected chi connectivity index (χ2v) is 6.75. The second kappa shape index (κ2) is 8.39. The lowest BCUT2D eigenvalue weighted by Crippen LogP contribution is -2.30. The van der Waals surface area contributed by atoms with Gasteiger partial charge >= 0.3 is 6.48 Å². The van der Waals surface area contributed by atoms with Crippen molar-refractivity contribution in [3.8, 4) is 17.2 Å². The van der Waals surface area contributed by atoms with E-state index in [0.29, 0.717) is 16.7 Å². The number of aryl methyl sites for hydroxylation is 6. The highest BCUT2D eigenvalue weighted by Crippen LogP contribution is 2.24. The maximum atomic E-state index is 7.73. The highest BCUT2D eigenvalue weighted by molar-refractivity contribution is 5.36. The van der Waals surface area contributed by atoms with E-state index in [-0.39, 0.29) is 33.9 Å². The minimum absolute atomic E-state index is 0.0572. The number of rotatable bonds is 6. The van der Waals surface area contributed by atoms with Crippen LogP contribution in [0.15, 0.2) is 54.6 Å². The average Bonchev–Trinajstić information content (AvgIpc) is 2.70. The van der Waals surface area contributed by atoms with Crippen molar-refractivity contribution in [2.75, 3.05) is 0 Å². The fraction of sp³-hybridized carbons (Fsp3) is 0.280. The van der Waals surface area contributed by atoms with Gasteiger partial charge in [0.2, 0.25) is 0 Å². The summed E-state index contributed by atoms with van der Waals surface area (Å²) >= 11 is 0. The Labute approximate surface area is 180 Å². The first-order valence-electron chi connectivity index (χ1n) is 13.3. The van der Waals surface area contributed by atoms with Crippen LogP contribution in [0.3, 0.4) is 0 Å². The topological polar surface area (TPSA) is 27.7 Å². The summed E-state index contributed by atoms with van der Waals surface area (Å²) in [6.45, 7) is -3.50. The SMILES string of the molecule is [2H]C([2H])([2H])c1cc(C)cc(OC(Oc2cc(C)cc(C([2H])([2H])[2H])c2)Oc2cc(C)cc(C([2H])([2H])[2H])c2)c1. The molecule has 0 bridgehead atoms. The number of hydrogen-bond acceptors (Lipinski definition) is 3. The summed E-state index contributed by atoms with van der Waals surface area (Å²) in [5.41, 5.74) is 2.05. The van der Waals surface area contributed by atoms with E-state index in [9.17, 15) is 0 Å². The largest absolute Gasteiger partial charge is 0.423 e. The molecule has 0 heterocycles. The first-order valence-corrected chi connectivity index (χ1v) is 8.77. The maximum absolute atomic E-state index is 7.73. The third-order valence-corrected chi connectivity index (χ3v) is 3.85. The fourth-order valence-electron chi connectivity index (χ4n) is 2.85. The Kier molecular flexibility index (Phi) is 3.34. The van der Waals surface area contributed by atoms with Gasteiger partial charge in [-0.25, -0.2) is 0 Å². The van der Waals surface area contributed by atoms with Gasteiger partial charge in [0, 0.05) is 12.3 Å². The molecule has 28 heavy (non-hydrogen) atoms. The van der Waals surface area contributed by atoms with E-state index in [4.69, 9.17) is 26.5 Å². The van der Waals surface area contributed by atoms with Crippen LogP contribution in [-0.2, 0) is 0 Å². The molecular weight excluding hydrogens is 348 g/mol. The molecule has 3 rings (SSSR count). The summed E-state index contributed by atoms with van der Waals surface area (Å²) < 4.78 is 87.2. The molecule has 0 unspecified atom stereocenters. The minimum atomic E-state index is -2.38. The molecule has 0 aliphatic carbocycles. The minimum Gasteiger partial charge on any atom is -0.423 e. The van der Waals surface area contributed by atoms with Crippen LogP contribution in [0.5, 0.6) is 17.2 Å². The van der Waals surface area contributed by atoms with Crippen molar-refractivity contribution in [2.24, 2.45) is 0 Å². The van der Waals surface area contributed by atoms with Crippen molar-refractivity contribution in [1.82, 2.24) is 0 Å². The van der Waals surface area contributed by atoms with Crippen molar-refractivity contribution in [2.45, 2.75) is 47.8 Å². The van der Waals surface area contributed by atoms with E-state index in [2.05, 4.69) is 0 Å². The highest BCUT2D eigenvalue weighted by Gasteiger charge is 2.16. The van der Waals surface area contributed by atoms with Gasteiger partial charge in [-0.2, -0.15) is 0 Å². The van der Waals surface area contributed by atoms with E-state index < -0.39 is 27.0 Å². The molecule has 0 N–H and O–H groups in total. The summed E-state index contributed by atoms with van der Waals surface area (Å²) in [5.74, 6) is 0.426. The summed E-state index contributed by atoms with van der Waals surface area (Å²) in [6.07, 6.45) is 0. The molecule has 146 valence electrons. The third-order valence-electron chi connectivity index (χ3n) is 3.85. The van der Waals surface area contributed by atoms with Gasteiger partial charge in [0.05, 0.1) is 0 Å². The molecule has 3 aromatic rings. The van der Waals surface area contributed by atoms with Crippen molar-refractivity contribution >= 4 is 0 Å². The van der Waals surface area contributed by atoms with E-state index in [0.717, 1.165) is 0 Å². The van der Waals surface area contributed by atoms with Crippen molar-refractivity contribution in [1.29, 1.82) is 0 Å². The maximum Gasteiger partial charge on any atom is 0.406 e. The molecule has 0 saturated heterocycles. The van der Waals surface area contributed by atoms with E-state index in [1.165, 1.54) is 36.4 Å². The number of benzene rings is 3. The Hall–Kier alpha value is -2.94. The van der Waals surface area contributed by atoms with Gasteiger partial charge in [0.25, 0.3) is 0 Å². The van der Waals surface area contributed by atoms with Crippen LogP contribution in [-0.4, -0.2) is 6.48 Å². The van der Waals surface area contributed by atoms with Crippen LogP contribution >= 0.6 is 0 Å². The summed E-state index contributed by atoms with van der Waals surface area (Å²) in [7, 11) is 0. The first-order chi connectivity index (χ1) is 16.9. The van der Waals surface area contributed by atoms with Crippen LogP contribution in [0.1, 0.15) is 45.7 Å². The zero-order chi connectivity index (χ0) is 27.8. The predicted octanol–water partition coefficient (Wildman–Crippen LogP) is 6.36. The average molecular weight is 386 g/mol. The fourth-order valence-corrected chi connectivity index (χ4v) is 2.85. The summed E-state index contributed by atoms with van der Waals surface area (Å²) in [4.78, 5) is 0. The van der Waals surface area contributed by atoms with Gasteiger partial charge < -0.3 is 14.2 Å². The van der Waals surface area contributed by atoms with Crippen LogP contribution in [0, 0.1) is 41.3 Å². The zero-order valence-electron chi connectivity index (χ0n) is 25.0.